The van der Waals surface area contributed by atoms with Gasteiger partial charge in [-0.3, -0.25) is 9.78 Å². The van der Waals surface area contributed by atoms with Crippen LogP contribution in [0.4, 0.5) is 0 Å². The van der Waals surface area contributed by atoms with Crippen LogP contribution in [0.15, 0.2) is 23.3 Å². The first-order valence-corrected chi connectivity index (χ1v) is 6.79. The maximum Gasteiger partial charge on any atom is 0.254 e. The Morgan fingerprint density at radius 1 is 1.21 bits per heavy atom. The molecule has 0 atom stereocenters. The van der Waals surface area contributed by atoms with Gasteiger partial charge in [0.1, 0.15) is 5.82 Å². The van der Waals surface area contributed by atoms with Crippen molar-refractivity contribution >= 4 is 0 Å². The van der Waals surface area contributed by atoms with E-state index in [4.69, 9.17) is 0 Å². The SMILES string of the molecule is Cc1ccncc1-c1nc2c(c(=O)[nH]1)CCCCC2. The molecule has 0 saturated heterocycles. The zero-order chi connectivity index (χ0) is 13.2. The molecule has 0 bridgehead atoms. The molecule has 0 radical (unpaired) electrons. The average molecular weight is 255 g/mol. The Morgan fingerprint density at radius 2 is 2.05 bits per heavy atom. The Hall–Kier alpha value is -1.97. The minimum Gasteiger partial charge on any atom is -0.306 e. The maximum absolute atomic E-state index is 12.2. The lowest BCUT2D eigenvalue weighted by molar-refractivity contribution is 0.708. The Morgan fingerprint density at radius 3 is 2.89 bits per heavy atom. The van der Waals surface area contributed by atoms with Crippen molar-refractivity contribution < 1.29 is 0 Å². The van der Waals surface area contributed by atoms with Gasteiger partial charge in [-0.15, -0.1) is 0 Å². The summed E-state index contributed by atoms with van der Waals surface area (Å²) in [4.78, 5) is 23.9. The number of aromatic nitrogens is 3. The van der Waals surface area contributed by atoms with Crippen molar-refractivity contribution in [2.75, 3.05) is 0 Å². The van der Waals surface area contributed by atoms with Gasteiger partial charge < -0.3 is 4.98 Å². The van der Waals surface area contributed by atoms with Crippen LogP contribution in [0.1, 0.15) is 36.1 Å². The van der Waals surface area contributed by atoms with Gasteiger partial charge in [0, 0.05) is 23.5 Å². The van der Waals surface area contributed by atoms with Gasteiger partial charge in [-0.05, 0) is 44.2 Å². The van der Waals surface area contributed by atoms with E-state index >= 15 is 0 Å². The molecule has 2 heterocycles. The number of nitrogens with zero attached hydrogens (tertiary/aromatic N) is 2. The molecule has 0 amide bonds. The Balaban J connectivity index is 2.15. The second-order valence-corrected chi connectivity index (χ2v) is 5.09. The summed E-state index contributed by atoms with van der Waals surface area (Å²) < 4.78 is 0. The van der Waals surface area contributed by atoms with Crippen molar-refractivity contribution in [3.05, 3.63) is 45.6 Å². The van der Waals surface area contributed by atoms with Crippen LogP contribution in [0.25, 0.3) is 11.4 Å². The molecule has 1 N–H and O–H groups in total. The van der Waals surface area contributed by atoms with Crippen LogP contribution >= 0.6 is 0 Å². The summed E-state index contributed by atoms with van der Waals surface area (Å²) in [5.41, 5.74) is 3.85. The number of pyridine rings is 1. The molecule has 0 aliphatic heterocycles. The highest BCUT2D eigenvalue weighted by Crippen LogP contribution is 2.21. The molecule has 0 saturated carbocycles. The highest BCUT2D eigenvalue weighted by molar-refractivity contribution is 5.58. The molecular weight excluding hydrogens is 238 g/mol. The van der Waals surface area contributed by atoms with Crippen LogP contribution < -0.4 is 5.56 Å². The first-order chi connectivity index (χ1) is 9.25. The number of nitrogens with one attached hydrogen (secondary N) is 1. The maximum atomic E-state index is 12.2. The first-order valence-electron chi connectivity index (χ1n) is 6.79. The fourth-order valence-electron chi connectivity index (χ4n) is 2.62. The molecule has 3 rings (SSSR count). The van der Waals surface area contributed by atoms with E-state index in [1.807, 2.05) is 13.0 Å². The fourth-order valence-corrected chi connectivity index (χ4v) is 2.62. The number of hydrogen-bond acceptors (Lipinski definition) is 3. The molecule has 0 fully saturated rings. The minimum atomic E-state index is 0.0187. The molecule has 1 aliphatic carbocycles. The second-order valence-electron chi connectivity index (χ2n) is 5.09. The molecule has 2 aromatic rings. The van der Waals surface area contributed by atoms with E-state index < -0.39 is 0 Å². The van der Waals surface area contributed by atoms with E-state index in [-0.39, 0.29) is 5.56 Å². The second kappa shape index (κ2) is 4.96. The summed E-state index contributed by atoms with van der Waals surface area (Å²) in [5, 5.41) is 0. The summed E-state index contributed by atoms with van der Waals surface area (Å²) in [5.74, 6) is 0.649. The zero-order valence-corrected chi connectivity index (χ0v) is 11.1. The number of hydrogen-bond donors (Lipinski definition) is 1. The fraction of sp³-hybridized carbons (Fsp3) is 0.400. The van der Waals surface area contributed by atoms with E-state index in [1.165, 1.54) is 6.42 Å². The number of fused-ring (bicyclic) bond motifs is 1. The highest BCUT2D eigenvalue weighted by Gasteiger charge is 2.15. The van der Waals surface area contributed by atoms with Crippen LogP contribution in [0.3, 0.4) is 0 Å². The van der Waals surface area contributed by atoms with Crippen molar-refractivity contribution in [2.24, 2.45) is 0 Å². The lowest BCUT2D eigenvalue weighted by Gasteiger charge is -2.08. The van der Waals surface area contributed by atoms with Gasteiger partial charge in [0.05, 0.1) is 5.69 Å². The third kappa shape index (κ3) is 2.30. The van der Waals surface area contributed by atoms with Crippen LogP contribution in [0.2, 0.25) is 0 Å². The lowest BCUT2D eigenvalue weighted by atomic mass is 10.1. The number of rotatable bonds is 1. The normalized spacial score (nSPS) is 14.8. The smallest absolute Gasteiger partial charge is 0.254 e. The van der Waals surface area contributed by atoms with Gasteiger partial charge in [0.2, 0.25) is 0 Å². The van der Waals surface area contributed by atoms with Crippen LogP contribution in [-0.2, 0) is 12.8 Å². The molecule has 0 unspecified atom stereocenters. The Labute approximate surface area is 111 Å². The van der Waals surface area contributed by atoms with Crippen molar-refractivity contribution in [1.82, 2.24) is 15.0 Å². The monoisotopic (exact) mass is 255 g/mol. The number of H-pyrrole nitrogens is 1. The van der Waals surface area contributed by atoms with Gasteiger partial charge in [0.15, 0.2) is 0 Å². The molecular formula is C15H17N3O. The van der Waals surface area contributed by atoms with Gasteiger partial charge in [-0.2, -0.15) is 0 Å². The largest absolute Gasteiger partial charge is 0.306 e. The summed E-state index contributed by atoms with van der Waals surface area (Å²) >= 11 is 0. The van der Waals surface area contributed by atoms with Crippen molar-refractivity contribution in [3.63, 3.8) is 0 Å². The quantitative estimate of drug-likeness (QED) is 0.796. The third-order valence-corrected chi connectivity index (χ3v) is 3.74. The third-order valence-electron chi connectivity index (χ3n) is 3.74. The Bertz CT molecular complexity index is 661. The van der Waals surface area contributed by atoms with Crippen molar-refractivity contribution in [1.29, 1.82) is 0 Å². The zero-order valence-electron chi connectivity index (χ0n) is 11.1. The van der Waals surface area contributed by atoms with E-state index in [1.54, 1.807) is 12.4 Å². The minimum absolute atomic E-state index is 0.0187. The molecule has 19 heavy (non-hydrogen) atoms. The van der Waals surface area contributed by atoms with Gasteiger partial charge in [0.25, 0.3) is 5.56 Å². The van der Waals surface area contributed by atoms with Crippen molar-refractivity contribution in [2.45, 2.75) is 39.0 Å². The molecule has 0 aromatic carbocycles. The van der Waals surface area contributed by atoms with Crippen LogP contribution in [0.5, 0.6) is 0 Å². The predicted molar refractivity (Wildman–Crippen MR) is 74.1 cm³/mol. The highest BCUT2D eigenvalue weighted by atomic mass is 16.1. The van der Waals surface area contributed by atoms with Crippen LogP contribution in [-0.4, -0.2) is 15.0 Å². The summed E-state index contributed by atoms with van der Waals surface area (Å²) in [6.45, 7) is 2.00. The molecule has 4 nitrogen and oxygen atoms in total. The lowest BCUT2D eigenvalue weighted by Crippen LogP contribution is -2.18. The van der Waals surface area contributed by atoms with E-state index in [9.17, 15) is 4.79 Å². The molecule has 1 aliphatic rings. The molecule has 2 aromatic heterocycles. The van der Waals surface area contributed by atoms with E-state index in [0.29, 0.717) is 5.82 Å². The summed E-state index contributed by atoms with van der Waals surface area (Å²) in [6.07, 6.45) is 8.65. The number of aromatic amines is 1. The summed E-state index contributed by atoms with van der Waals surface area (Å²) in [7, 11) is 0. The van der Waals surface area contributed by atoms with Gasteiger partial charge >= 0.3 is 0 Å². The molecule has 98 valence electrons. The van der Waals surface area contributed by atoms with Gasteiger partial charge in [-0.25, -0.2) is 4.98 Å². The topological polar surface area (TPSA) is 58.6 Å². The standard InChI is InChI=1S/C15H17N3O/c1-10-7-8-16-9-12(10)14-17-13-6-4-2-3-5-11(13)15(19)18-14/h7-9H,2-6H2,1H3,(H,17,18,19). The molecule has 4 heteroatoms. The first kappa shape index (κ1) is 12.1. The van der Waals surface area contributed by atoms with Crippen LogP contribution in [0, 0.1) is 6.92 Å². The average Bonchev–Trinajstić information content (AvgIpc) is 2.65. The van der Waals surface area contributed by atoms with Crippen molar-refractivity contribution in [3.8, 4) is 11.4 Å². The summed E-state index contributed by atoms with van der Waals surface area (Å²) in [6, 6.07) is 1.93. The Kier molecular flexibility index (Phi) is 3.15. The van der Waals surface area contributed by atoms with E-state index in [2.05, 4.69) is 15.0 Å². The van der Waals surface area contributed by atoms with Gasteiger partial charge in [-0.1, -0.05) is 6.42 Å². The molecule has 0 spiro atoms. The van der Waals surface area contributed by atoms with E-state index in [0.717, 1.165) is 48.1 Å². The number of aryl methyl sites for hydroxylation is 2. The predicted octanol–water partition coefficient (Wildman–Crippen LogP) is 2.41.